The molecule has 1 aromatic carbocycles. The van der Waals surface area contributed by atoms with Gasteiger partial charge in [-0.05, 0) is 17.7 Å². The minimum Gasteiger partial charge on any atom is -0.384 e. The summed E-state index contributed by atoms with van der Waals surface area (Å²) in [7, 11) is 0. The fourth-order valence-electron chi connectivity index (χ4n) is 2.05. The number of aromatic amines is 1. The predicted molar refractivity (Wildman–Crippen MR) is 71.4 cm³/mol. The minimum atomic E-state index is 0.294. The molecule has 1 saturated heterocycles. The first kappa shape index (κ1) is 11.3. The van der Waals surface area contributed by atoms with Crippen molar-refractivity contribution in [1.82, 2.24) is 9.97 Å². The van der Waals surface area contributed by atoms with Gasteiger partial charge in [-0.1, -0.05) is 19.1 Å². The molecule has 0 unspecified atom stereocenters. The molecule has 0 atom stereocenters. The maximum Gasteiger partial charge on any atom is 0.0924 e. The van der Waals surface area contributed by atoms with E-state index in [0.29, 0.717) is 5.41 Å². The molecular formula is C14H17N3O. The van der Waals surface area contributed by atoms with Crippen molar-refractivity contribution in [2.24, 2.45) is 5.41 Å². The standard InChI is InChI=1S/C14H17N3O/c1-14(8-18-9-14)7-16-12-4-2-11(3-5-12)13-6-15-10-17-13/h2-6,10,16H,7-9H2,1H3,(H,15,17). The van der Waals surface area contributed by atoms with Gasteiger partial charge in [-0.3, -0.25) is 0 Å². The smallest absolute Gasteiger partial charge is 0.0924 e. The minimum absolute atomic E-state index is 0.294. The summed E-state index contributed by atoms with van der Waals surface area (Å²) in [5.41, 5.74) is 3.63. The zero-order valence-corrected chi connectivity index (χ0v) is 10.4. The highest BCUT2D eigenvalue weighted by molar-refractivity contribution is 5.61. The molecule has 2 aromatic rings. The van der Waals surface area contributed by atoms with Crippen molar-refractivity contribution in [2.75, 3.05) is 25.1 Å². The van der Waals surface area contributed by atoms with Gasteiger partial charge >= 0.3 is 0 Å². The second kappa shape index (κ2) is 4.46. The van der Waals surface area contributed by atoms with Crippen LogP contribution in [0.15, 0.2) is 36.8 Å². The topological polar surface area (TPSA) is 49.9 Å². The van der Waals surface area contributed by atoms with Gasteiger partial charge in [0.1, 0.15) is 0 Å². The normalized spacial score (nSPS) is 17.2. The van der Waals surface area contributed by atoms with E-state index in [2.05, 4.69) is 46.5 Å². The monoisotopic (exact) mass is 243 g/mol. The SMILES string of the molecule is CC1(CNc2ccc(-c3cnc[nH]3)cc2)COC1. The van der Waals surface area contributed by atoms with Crippen molar-refractivity contribution >= 4 is 5.69 Å². The summed E-state index contributed by atoms with van der Waals surface area (Å²) in [5.74, 6) is 0. The van der Waals surface area contributed by atoms with E-state index < -0.39 is 0 Å². The molecule has 0 radical (unpaired) electrons. The second-order valence-corrected chi connectivity index (χ2v) is 5.20. The van der Waals surface area contributed by atoms with Crippen LogP contribution in [0.4, 0.5) is 5.69 Å². The fourth-order valence-corrected chi connectivity index (χ4v) is 2.05. The third-order valence-electron chi connectivity index (χ3n) is 3.31. The van der Waals surface area contributed by atoms with Gasteiger partial charge in [-0.2, -0.15) is 0 Å². The molecule has 1 aliphatic heterocycles. The summed E-state index contributed by atoms with van der Waals surface area (Å²) >= 11 is 0. The van der Waals surface area contributed by atoms with Crippen molar-refractivity contribution in [3.8, 4) is 11.3 Å². The molecule has 0 bridgehead atoms. The van der Waals surface area contributed by atoms with Crippen LogP contribution in [0.3, 0.4) is 0 Å². The molecule has 0 spiro atoms. The summed E-state index contributed by atoms with van der Waals surface area (Å²) in [6.45, 7) is 4.90. The van der Waals surface area contributed by atoms with Crippen molar-refractivity contribution in [2.45, 2.75) is 6.92 Å². The summed E-state index contributed by atoms with van der Waals surface area (Å²) in [4.78, 5) is 7.12. The third kappa shape index (κ3) is 2.24. The first-order valence-corrected chi connectivity index (χ1v) is 6.16. The molecule has 0 amide bonds. The molecule has 94 valence electrons. The Morgan fingerprint density at radius 3 is 2.67 bits per heavy atom. The van der Waals surface area contributed by atoms with E-state index in [0.717, 1.165) is 36.7 Å². The Morgan fingerprint density at radius 2 is 2.11 bits per heavy atom. The van der Waals surface area contributed by atoms with Crippen LogP contribution in [-0.2, 0) is 4.74 Å². The zero-order valence-electron chi connectivity index (χ0n) is 10.4. The lowest BCUT2D eigenvalue weighted by molar-refractivity contribution is -0.0924. The van der Waals surface area contributed by atoms with Crippen molar-refractivity contribution in [3.63, 3.8) is 0 Å². The van der Waals surface area contributed by atoms with Crippen LogP contribution in [0, 0.1) is 5.41 Å². The zero-order chi connectivity index (χ0) is 12.4. The number of hydrogen-bond acceptors (Lipinski definition) is 3. The van der Waals surface area contributed by atoms with Crippen LogP contribution < -0.4 is 5.32 Å². The van der Waals surface area contributed by atoms with E-state index >= 15 is 0 Å². The number of anilines is 1. The van der Waals surface area contributed by atoms with Crippen molar-refractivity contribution in [1.29, 1.82) is 0 Å². The molecule has 3 rings (SSSR count). The van der Waals surface area contributed by atoms with Crippen LogP contribution in [0.1, 0.15) is 6.92 Å². The number of imidazole rings is 1. The molecule has 4 nitrogen and oxygen atoms in total. The lowest BCUT2D eigenvalue weighted by Gasteiger charge is -2.38. The molecule has 4 heteroatoms. The highest BCUT2D eigenvalue weighted by Gasteiger charge is 2.32. The van der Waals surface area contributed by atoms with Gasteiger partial charge in [0.25, 0.3) is 0 Å². The van der Waals surface area contributed by atoms with Crippen LogP contribution in [0.5, 0.6) is 0 Å². The van der Waals surface area contributed by atoms with Gasteiger partial charge in [0, 0.05) is 17.6 Å². The van der Waals surface area contributed by atoms with E-state index in [9.17, 15) is 0 Å². The summed E-state index contributed by atoms with van der Waals surface area (Å²) < 4.78 is 5.24. The average molecular weight is 243 g/mol. The summed E-state index contributed by atoms with van der Waals surface area (Å²) in [5, 5.41) is 3.45. The number of nitrogens with zero attached hydrogens (tertiary/aromatic N) is 1. The van der Waals surface area contributed by atoms with Crippen LogP contribution in [-0.4, -0.2) is 29.7 Å². The van der Waals surface area contributed by atoms with E-state index in [4.69, 9.17) is 4.74 Å². The van der Waals surface area contributed by atoms with E-state index in [-0.39, 0.29) is 0 Å². The molecule has 1 fully saturated rings. The third-order valence-corrected chi connectivity index (χ3v) is 3.31. The number of nitrogens with one attached hydrogen (secondary N) is 2. The Labute approximate surface area is 106 Å². The molecule has 2 heterocycles. The van der Waals surface area contributed by atoms with Crippen molar-refractivity contribution < 1.29 is 4.74 Å². The number of aromatic nitrogens is 2. The summed E-state index contributed by atoms with van der Waals surface area (Å²) in [6.07, 6.45) is 3.52. The molecule has 1 aromatic heterocycles. The Balaban J connectivity index is 1.64. The highest BCUT2D eigenvalue weighted by Crippen LogP contribution is 2.27. The average Bonchev–Trinajstić information content (AvgIpc) is 2.88. The van der Waals surface area contributed by atoms with Gasteiger partial charge in [-0.25, -0.2) is 4.98 Å². The first-order chi connectivity index (χ1) is 8.75. The number of hydrogen-bond donors (Lipinski definition) is 2. The second-order valence-electron chi connectivity index (χ2n) is 5.20. The Kier molecular flexibility index (Phi) is 2.80. The maximum atomic E-state index is 5.24. The molecule has 1 aliphatic rings. The van der Waals surface area contributed by atoms with Crippen LogP contribution in [0.25, 0.3) is 11.3 Å². The molecule has 0 aliphatic carbocycles. The van der Waals surface area contributed by atoms with Gasteiger partial charge in [0.2, 0.25) is 0 Å². The van der Waals surface area contributed by atoms with Crippen LogP contribution in [0.2, 0.25) is 0 Å². The number of ether oxygens (including phenoxy) is 1. The number of H-pyrrole nitrogens is 1. The fraction of sp³-hybridized carbons (Fsp3) is 0.357. The lowest BCUT2D eigenvalue weighted by Crippen LogP contribution is -2.45. The van der Waals surface area contributed by atoms with Gasteiger partial charge < -0.3 is 15.0 Å². The summed E-state index contributed by atoms with van der Waals surface area (Å²) in [6, 6.07) is 8.38. The van der Waals surface area contributed by atoms with E-state index in [1.807, 2.05) is 6.20 Å². The Hall–Kier alpha value is -1.81. The highest BCUT2D eigenvalue weighted by atomic mass is 16.5. The Morgan fingerprint density at radius 1 is 1.33 bits per heavy atom. The maximum absolute atomic E-state index is 5.24. The Bertz CT molecular complexity index is 500. The molecule has 2 N–H and O–H groups in total. The van der Waals surface area contributed by atoms with Gasteiger partial charge in [0.15, 0.2) is 0 Å². The lowest BCUT2D eigenvalue weighted by atomic mass is 9.88. The van der Waals surface area contributed by atoms with Gasteiger partial charge in [-0.15, -0.1) is 0 Å². The van der Waals surface area contributed by atoms with Gasteiger partial charge in [0.05, 0.1) is 31.4 Å². The molecule has 0 saturated carbocycles. The first-order valence-electron chi connectivity index (χ1n) is 6.16. The quantitative estimate of drug-likeness (QED) is 0.867. The van der Waals surface area contributed by atoms with Crippen LogP contribution >= 0.6 is 0 Å². The van der Waals surface area contributed by atoms with E-state index in [1.165, 1.54) is 0 Å². The number of benzene rings is 1. The molecular weight excluding hydrogens is 226 g/mol. The number of rotatable bonds is 4. The van der Waals surface area contributed by atoms with Crippen molar-refractivity contribution in [3.05, 3.63) is 36.8 Å². The predicted octanol–water partition coefficient (Wildman–Crippen LogP) is 2.53. The van der Waals surface area contributed by atoms with E-state index in [1.54, 1.807) is 6.33 Å². The molecule has 18 heavy (non-hydrogen) atoms. The largest absolute Gasteiger partial charge is 0.384 e.